The lowest BCUT2D eigenvalue weighted by Gasteiger charge is -2.05. The first-order valence-corrected chi connectivity index (χ1v) is 4.34. The summed E-state index contributed by atoms with van der Waals surface area (Å²) in [4.78, 5) is 0. The van der Waals surface area contributed by atoms with Gasteiger partial charge in [-0.2, -0.15) is 0 Å². The first-order chi connectivity index (χ1) is 6.36. The van der Waals surface area contributed by atoms with Crippen LogP contribution in [0.2, 0.25) is 0 Å². The summed E-state index contributed by atoms with van der Waals surface area (Å²) in [6.45, 7) is 5.02. The molecule has 0 radical (unpaired) electrons. The summed E-state index contributed by atoms with van der Waals surface area (Å²) in [6, 6.07) is 8.03. The molecule has 0 heterocycles. The zero-order valence-electron chi connectivity index (χ0n) is 8.29. The van der Waals surface area contributed by atoms with E-state index in [2.05, 4.69) is 18.0 Å². The zero-order chi connectivity index (χ0) is 9.52. The summed E-state index contributed by atoms with van der Waals surface area (Å²) in [7, 11) is 1.93. The number of hydrogen-bond donors (Lipinski definition) is 1. The zero-order valence-corrected chi connectivity index (χ0v) is 9.05. The van der Waals surface area contributed by atoms with Gasteiger partial charge in [0.25, 0.3) is 0 Å². The molecule has 0 aliphatic rings. The Bertz CT molecular complexity index is 276. The van der Waals surface area contributed by atoms with E-state index < -0.39 is 0 Å². The minimum atomic E-state index is 0. The topological polar surface area (TPSA) is 21.3 Å². The molecule has 0 fully saturated rings. The van der Waals surface area contributed by atoms with Gasteiger partial charge in [0.15, 0.2) is 0 Å². The summed E-state index contributed by atoms with van der Waals surface area (Å²) in [6.07, 6.45) is 1.74. The van der Waals surface area contributed by atoms with Crippen LogP contribution in [0.4, 0.5) is 0 Å². The van der Waals surface area contributed by atoms with Gasteiger partial charge in [0, 0.05) is 6.54 Å². The van der Waals surface area contributed by atoms with Gasteiger partial charge in [0.2, 0.25) is 0 Å². The number of rotatable bonds is 5. The van der Waals surface area contributed by atoms with Crippen LogP contribution in [-0.4, -0.2) is 13.7 Å². The second kappa shape index (κ2) is 7.42. The minimum absolute atomic E-state index is 0. The fourth-order valence-electron chi connectivity index (χ4n) is 1.10. The Morgan fingerprint density at radius 2 is 2.29 bits per heavy atom. The molecule has 3 heteroatoms. The third kappa shape index (κ3) is 4.30. The molecule has 0 saturated heterocycles. The van der Waals surface area contributed by atoms with Crippen molar-refractivity contribution < 1.29 is 17.1 Å². The predicted molar refractivity (Wildman–Crippen MR) is 54.9 cm³/mol. The van der Waals surface area contributed by atoms with Crippen molar-refractivity contribution in [3.05, 3.63) is 42.5 Å². The van der Waals surface area contributed by atoms with Crippen molar-refractivity contribution in [2.75, 3.05) is 13.7 Å². The average Bonchev–Trinajstić information content (AvgIpc) is 2.16. The molecule has 0 bridgehead atoms. The third-order valence-corrected chi connectivity index (χ3v) is 1.65. The number of ether oxygens (including phenoxy) is 1. The van der Waals surface area contributed by atoms with Gasteiger partial charge < -0.3 is 22.5 Å². The summed E-state index contributed by atoms with van der Waals surface area (Å²) in [5, 5.41) is 3.09. The Kier molecular flexibility index (Phi) is 6.89. The molecular weight excluding hydrogens is 198 g/mol. The molecule has 1 aromatic rings. The van der Waals surface area contributed by atoms with E-state index in [4.69, 9.17) is 4.74 Å². The monoisotopic (exact) mass is 212 g/mol. The Morgan fingerprint density at radius 3 is 2.93 bits per heavy atom. The maximum absolute atomic E-state index is 5.40. The van der Waals surface area contributed by atoms with Gasteiger partial charge in [-0.05, 0) is 24.7 Å². The number of nitrogens with one attached hydrogen (secondary N) is 1. The van der Waals surface area contributed by atoms with E-state index in [9.17, 15) is 0 Å². The first-order valence-electron chi connectivity index (χ1n) is 4.34. The molecule has 1 N–H and O–H groups in total. The molecule has 0 amide bonds. The second-order valence-corrected chi connectivity index (χ2v) is 2.78. The van der Waals surface area contributed by atoms with Gasteiger partial charge in [0.1, 0.15) is 12.4 Å². The van der Waals surface area contributed by atoms with E-state index in [-0.39, 0.29) is 12.4 Å². The SMILES string of the molecule is C=CCOc1cccc(CNC)c1.[Cl-]. The van der Waals surface area contributed by atoms with Crippen molar-refractivity contribution in [2.24, 2.45) is 0 Å². The second-order valence-electron chi connectivity index (χ2n) is 2.78. The fraction of sp³-hybridized carbons (Fsp3) is 0.273. The molecule has 0 aliphatic carbocycles. The van der Waals surface area contributed by atoms with Gasteiger partial charge >= 0.3 is 0 Å². The summed E-state index contributed by atoms with van der Waals surface area (Å²) in [5.41, 5.74) is 1.23. The highest BCUT2D eigenvalue weighted by atomic mass is 35.5. The lowest BCUT2D eigenvalue weighted by atomic mass is 10.2. The largest absolute Gasteiger partial charge is 1.00 e. The van der Waals surface area contributed by atoms with Crippen molar-refractivity contribution in [1.82, 2.24) is 5.32 Å². The smallest absolute Gasteiger partial charge is 0.120 e. The molecule has 0 unspecified atom stereocenters. The van der Waals surface area contributed by atoms with Crippen LogP contribution in [0.15, 0.2) is 36.9 Å². The molecule has 0 spiro atoms. The van der Waals surface area contributed by atoms with Crippen LogP contribution in [0.3, 0.4) is 0 Å². The van der Waals surface area contributed by atoms with E-state index in [1.165, 1.54) is 5.56 Å². The van der Waals surface area contributed by atoms with Gasteiger partial charge in [-0.25, -0.2) is 0 Å². The summed E-state index contributed by atoms with van der Waals surface area (Å²) in [5.74, 6) is 0.896. The van der Waals surface area contributed by atoms with E-state index in [0.29, 0.717) is 6.61 Å². The van der Waals surface area contributed by atoms with Gasteiger partial charge in [-0.3, -0.25) is 0 Å². The van der Waals surface area contributed by atoms with Crippen molar-refractivity contribution >= 4 is 0 Å². The highest BCUT2D eigenvalue weighted by molar-refractivity contribution is 5.28. The standard InChI is InChI=1S/C11H15NO.ClH/c1-3-7-13-11-6-4-5-10(8-11)9-12-2;/h3-6,8,12H,1,7,9H2,2H3;1H/p-1. The Balaban J connectivity index is 0.00000169. The number of halogens is 1. The molecule has 0 saturated carbocycles. The summed E-state index contributed by atoms with van der Waals surface area (Å²) >= 11 is 0. The van der Waals surface area contributed by atoms with Crippen molar-refractivity contribution in [3.8, 4) is 5.75 Å². The summed E-state index contributed by atoms with van der Waals surface area (Å²) < 4.78 is 5.40. The highest BCUT2D eigenvalue weighted by Crippen LogP contribution is 2.12. The maximum Gasteiger partial charge on any atom is 0.120 e. The maximum atomic E-state index is 5.40. The minimum Gasteiger partial charge on any atom is -1.00 e. The van der Waals surface area contributed by atoms with Gasteiger partial charge in [0.05, 0.1) is 0 Å². The van der Waals surface area contributed by atoms with Crippen LogP contribution in [0, 0.1) is 0 Å². The van der Waals surface area contributed by atoms with Crippen LogP contribution in [-0.2, 0) is 6.54 Å². The first kappa shape index (κ1) is 13.0. The molecule has 1 rings (SSSR count). The Morgan fingerprint density at radius 1 is 1.50 bits per heavy atom. The van der Waals surface area contributed by atoms with Crippen LogP contribution < -0.4 is 22.5 Å². The molecule has 0 atom stereocenters. The van der Waals surface area contributed by atoms with Crippen LogP contribution in [0.5, 0.6) is 5.75 Å². The van der Waals surface area contributed by atoms with Crippen LogP contribution >= 0.6 is 0 Å². The average molecular weight is 213 g/mol. The fourth-order valence-corrected chi connectivity index (χ4v) is 1.10. The molecule has 1 aromatic carbocycles. The predicted octanol–water partition coefficient (Wildman–Crippen LogP) is -1.03. The van der Waals surface area contributed by atoms with E-state index in [0.717, 1.165) is 12.3 Å². The van der Waals surface area contributed by atoms with E-state index >= 15 is 0 Å². The molecule has 2 nitrogen and oxygen atoms in total. The number of benzene rings is 1. The Labute approximate surface area is 91.4 Å². The quantitative estimate of drug-likeness (QED) is 0.631. The molecule has 78 valence electrons. The molecule has 0 aliphatic heterocycles. The highest BCUT2D eigenvalue weighted by Gasteiger charge is 1.94. The van der Waals surface area contributed by atoms with Crippen molar-refractivity contribution in [2.45, 2.75) is 6.54 Å². The van der Waals surface area contributed by atoms with Gasteiger partial charge in [-0.15, -0.1) is 0 Å². The lowest BCUT2D eigenvalue weighted by molar-refractivity contribution is -0.00000317. The van der Waals surface area contributed by atoms with Crippen LogP contribution in [0.1, 0.15) is 5.56 Å². The normalized spacial score (nSPS) is 8.93. The number of hydrogen-bond acceptors (Lipinski definition) is 2. The van der Waals surface area contributed by atoms with Gasteiger partial charge in [-0.1, -0.05) is 24.8 Å². The Hall–Kier alpha value is -0.990. The van der Waals surface area contributed by atoms with Crippen LogP contribution in [0.25, 0.3) is 0 Å². The van der Waals surface area contributed by atoms with E-state index in [1.54, 1.807) is 6.08 Å². The molecule has 14 heavy (non-hydrogen) atoms. The molecule has 0 aromatic heterocycles. The van der Waals surface area contributed by atoms with Crippen molar-refractivity contribution in [3.63, 3.8) is 0 Å². The lowest BCUT2D eigenvalue weighted by Crippen LogP contribution is -3.00. The van der Waals surface area contributed by atoms with Crippen molar-refractivity contribution in [1.29, 1.82) is 0 Å². The van der Waals surface area contributed by atoms with E-state index in [1.807, 2.05) is 25.2 Å². The molecular formula is C11H15ClNO-. The third-order valence-electron chi connectivity index (χ3n) is 1.65.